The third-order valence-corrected chi connectivity index (χ3v) is 2.92. The van der Waals surface area contributed by atoms with Crippen LogP contribution in [-0.2, 0) is 14.8 Å². The van der Waals surface area contributed by atoms with E-state index in [1.165, 1.54) is 0 Å². The fourth-order valence-electron chi connectivity index (χ4n) is 1.62. The molecule has 1 fully saturated rings. The Labute approximate surface area is 77.2 Å². The van der Waals surface area contributed by atoms with Crippen LogP contribution >= 0.6 is 0 Å². The molecule has 1 rings (SSSR count). The Morgan fingerprint density at radius 2 is 2.08 bits per heavy atom. The molecule has 13 heavy (non-hydrogen) atoms. The molecule has 0 spiro atoms. The van der Waals surface area contributed by atoms with E-state index in [1.54, 1.807) is 0 Å². The molecular formula is C7H13NO4S. The van der Waals surface area contributed by atoms with Crippen LogP contribution in [0.1, 0.15) is 19.3 Å². The summed E-state index contributed by atoms with van der Waals surface area (Å²) >= 11 is 0. The zero-order valence-electron chi connectivity index (χ0n) is 7.36. The molecule has 0 aliphatic heterocycles. The summed E-state index contributed by atoms with van der Waals surface area (Å²) in [5.74, 6) is -1.22. The highest BCUT2D eigenvalue weighted by Crippen LogP contribution is 2.25. The van der Waals surface area contributed by atoms with Crippen LogP contribution in [-0.4, -0.2) is 31.8 Å². The van der Waals surface area contributed by atoms with Crippen LogP contribution in [0.4, 0.5) is 0 Å². The summed E-state index contributed by atoms with van der Waals surface area (Å²) in [6, 6.07) is -0.198. The molecule has 0 aromatic rings. The molecule has 0 heterocycles. The van der Waals surface area contributed by atoms with Crippen molar-refractivity contribution in [3.8, 4) is 0 Å². The molecule has 6 heteroatoms. The third kappa shape index (κ3) is 3.31. The summed E-state index contributed by atoms with van der Waals surface area (Å²) in [5, 5.41) is 8.65. The van der Waals surface area contributed by atoms with Crippen molar-refractivity contribution >= 4 is 16.0 Å². The van der Waals surface area contributed by atoms with Crippen molar-refractivity contribution in [1.29, 1.82) is 0 Å². The molecule has 1 aliphatic carbocycles. The van der Waals surface area contributed by atoms with Gasteiger partial charge in [-0.1, -0.05) is 0 Å². The molecule has 2 N–H and O–H groups in total. The lowest BCUT2D eigenvalue weighted by Crippen LogP contribution is -2.32. The third-order valence-electron chi connectivity index (χ3n) is 2.16. The topological polar surface area (TPSA) is 83.5 Å². The van der Waals surface area contributed by atoms with Crippen molar-refractivity contribution in [2.24, 2.45) is 5.92 Å². The summed E-state index contributed by atoms with van der Waals surface area (Å²) in [6.07, 6.45) is 2.66. The fourth-order valence-corrected chi connectivity index (χ4v) is 2.44. The van der Waals surface area contributed by atoms with Crippen LogP contribution in [0.2, 0.25) is 0 Å². The van der Waals surface area contributed by atoms with Crippen LogP contribution < -0.4 is 4.72 Å². The Morgan fingerprint density at radius 1 is 1.46 bits per heavy atom. The van der Waals surface area contributed by atoms with Crippen molar-refractivity contribution in [2.75, 3.05) is 6.26 Å². The number of carboxylic acids is 1. The highest BCUT2D eigenvalue weighted by molar-refractivity contribution is 7.88. The fraction of sp³-hybridized carbons (Fsp3) is 0.857. The average molecular weight is 207 g/mol. The predicted molar refractivity (Wildman–Crippen MR) is 46.7 cm³/mol. The van der Waals surface area contributed by atoms with E-state index >= 15 is 0 Å². The van der Waals surface area contributed by atoms with E-state index in [9.17, 15) is 13.2 Å². The number of hydrogen-bond acceptors (Lipinski definition) is 3. The zero-order valence-corrected chi connectivity index (χ0v) is 8.17. The van der Waals surface area contributed by atoms with Gasteiger partial charge in [0.1, 0.15) is 0 Å². The van der Waals surface area contributed by atoms with Gasteiger partial charge in [0.05, 0.1) is 12.2 Å². The molecule has 0 amide bonds. The van der Waals surface area contributed by atoms with Crippen LogP contribution in [0, 0.1) is 5.92 Å². The maximum absolute atomic E-state index is 10.8. The standard InChI is InChI=1S/C7H13NO4S/c1-13(11,12)8-6-3-2-5(4-6)7(9)10/h5-6,8H,2-4H2,1H3,(H,9,10)/t5-,6-/m0/s1. The zero-order chi connectivity index (χ0) is 10.1. The van der Waals surface area contributed by atoms with Crippen molar-refractivity contribution in [3.63, 3.8) is 0 Å². The van der Waals surface area contributed by atoms with E-state index in [0.29, 0.717) is 19.3 Å². The van der Waals surface area contributed by atoms with Gasteiger partial charge in [0.15, 0.2) is 0 Å². The summed E-state index contributed by atoms with van der Waals surface area (Å²) < 4.78 is 24.0. The van der Waals surface area contributed by atoms with Crippen molar-refractivity contribution in [3.05, 3.63) is 0 Å². The van der Waals surface area contributed by atoms with E-state index in [-0.39, 0.29) is 12.0 Å². The summed E-state index contributed by atoms with van der Waals surface area (Å²) in [7, 11) is -3.20. The Morgan fingerprint density at radius 3 is 2.46 bits per heavy atom. The quantitative estimate of drug-likeness (QED) is 0.670. The molecule has 0 aromatic heterocycles. The minimum Gasteiger partial charge on any atom is -0.481 e. The molecule has 1 aliphatic rings. The number of nitrogens with one attached hydrogen (secondary N) is 1. The Balaban J connectivity index is 2.47. The van der Waals surface area contributed by atoms with Gasteiger partial charge in [-0.05, 0) is 19.3 Å². The van der Waals surface area contributed by atoms with Crippen LogP contribution in [0.15, 0.2) is 0 Å². The second-order valence-corrected chi connectivity index (χ2v) is 5.22. The van der Waals surface area contributed by atoms with Gasteiger partial charge < -0.3 is 5.11 Å². The molecule has 0 aromatic carbocycles. The lowest BCUT2D eigenvalue weighted by Gasteiger charge is -2.09. The Bertz CT molecular complexity index is 298. The molecule has 1 saturated carbocycles. The smallest absolute Gasteiger partial charge is 0.306 e. The van der Waals surface area contributed by atoms with E-state index < -0.39 is 16.0 Å². The number of aliphatic carboxylic acids is 1. The number of sulfonamides is 1. The number of carbonyl (C=O) groups is 1. The molecule has 0 bridgehead atoms. The maximum atomic E-state index is 10.8. The second kappa shape index (κ2) is 3.63. The summed E-state index contributed by atoms with van der Waals surface area (Å²) in [6.45, 7) is 0. The monoisotopic (exact) mass is 207 g/mol. The van der Waals surface area contributed by atoms with Gasteiger partial charge in [-0.3, -0.25) is 4.79 Å². The van der Waals surface area contributed by atoms with Crippen LogP contribution in [0.25, 0.3) is 0 Å². The Hall–Kier alpha value is -0.620. The van der Waals surface area contributed by atoms with Crippen LogP contribution in [0.5, 0.6) is 0 Å². The minimum absolute atomic E-state index is 0.198. The van der Waals surface area contributed by atoms with Gasteiger partial charge in [0, 0.05) is 6.04 Å². The van der Waals surface area contributed by atoms with Crippen molar-refractivity contribution < 1.29 is 18.3 Å². The van der Waals surface area contributed by atoms with Gasteiger partial charge in [-0.25, -0.2) is 13.1 Å². The largest absolute Gasteiger partial charge is 0.481 e. The molecule has 0 unspecified atom stereocenters. The normalized spacial score (nSPS) is 29.0. The molecule has 76 valence electrons. The molecule has 2 atom stereocenters. The highest BCUT2D eigenvalue weighted by atomic mass is 32.2. The predicted octanol–water partition coefficient (Wildman–Crippen LogP) is -0.211. The minimum atomic E-state index is -3.20. The summed E-state index contributed by atoms with van der Waals surface area (Å²) in [5.41, 5.74) is 0. The molecular weight excluding hydrogens is 194 g/mol. The second-order valence-electron chi connectivity index (χ2n) is 3.44. The van der Waals surface area contributed by atoms with Gasteiger partial charge in [0.2, 0.25) is 10.0 Å². The number of hydrogen-bond donors (Lipinski definition) is 2. The number of rotatable bonds is 3. The first-order valence-electron chi connectivity index (χ1n) is 4.08. The van der Waals surface area contributed by atoms with E-state index in [0.717, 1.165) is 6.26 Å². The van der Waals surface area contributed by atoms with Gasteiger partial charge in [-0.15, -0.1) is 0 Å². The molecule has 0 radical (unpaired) electrons. The van der Waals surface area contributed by atoms with Gasteiger partial charge >= 0.3 is 5.97 Å². The average Bonchev–Trinajstić information content (AvgIpc) is 2.31. The first-order valence-corrected chi connectivity index (χ1v) is 5.98. The van der Waals surface area contributed by atoms with Crippen molar-refractivity contribution in [2.45, 2.75) is 25.3 Å². The summed E-state index contributed by atoms with van der Waals surface area (Å²) in [4.78, 5) is 10.5. The van der Waals surface area contributed by atoms with Crippen LogP contribution in [0.3, 0.4) is 0 Å². The van der Waals surface area contributed by atoms with E-state index in [1.807, 2.05) is 0 Å². The first-order chi connectivity index (χ1) is 5.88. The van der Waals surface area contributed by atoms with Gasteiger partial charge in [0.25, 0.3) is 0 Å². The molecule has 0 saturated heterocycles. The van der Waals surface area contributed by atoms with E-state index in [4.69, 9.17) is 5.11 Å². The highest BCUT2D eigenvalue weighted by Gasteiger charge is 2.30. The molecule has 5 nitrogen and oxygen atoms in total. The van der Waals surface area contributed by atoms with E-state index in [2.05, 4.69) is 4.72 Å². The lowest BCUT2D eigenvalue weighted by molar-refractivity contribution is -0.141. The Kier molecular flexibility index (Phi) is 2.92. The van der Waals surface area contributed by atoms with Gasteiger partial charge in [-0.2, -0.15) is 0 Å². The first kappa shape index (κ1) is 10.5. The number of carboxylic acid groups (broad SMARTS) is 1. The SMILES string of the molecule is CS(=O)(=O)N[C@H]1CC[C@H](C(=O)O)C1. The maximum Gasteiger partial charge on any atom is 0.306 e. The van der Waals surface area contributed by atoms with Crippen molar-refractivity contribution in [1.82, 2.24) is 4.72 Å². The lowest BCUT2D eigenvalue weighted by atomic mass is 10.1.